The number of hydrogen-bond acceptors (Lipinski definition) is 2. The maximum Gasteiger partial charge on any atom is 0.304 e. The fraction of sp³-hybridized carbons (Fsp3) is 0.222. The minimum Gasteiger partial charge on any atom is -0.481 e. The lowest BCUT2D eigenvalue weighted by molar-refractivity contribution is -0.140. The maximum atomic E-state index is 12.5. The minimum absolute atomic E-state index is 0.256. The van der Waals surface area contributed by atoms with E-state index in [4.69, 9.17) is 28.3 Å². The van der Waals surface area contributed by atoms with Gasteiger partial charge in [0.1, 0.15) is 0 Å². The van der Waals surface area contributed by atoms with Crippen LogP contribution in [0.15, 0.2) is 42.5 Å². The van der Waals surface area contributed by atoms with Crippen molar-refractivity contribution in [2.45, 2.75) is 19.8 Å². The van der Waals surface area contributed by atoms with Gasteiger partial charge in [0.2, 0.25) is 5.91 Å². The Bertz CT molecular complexity index is 744. The quantitative estimate of drug-likeness (QED) is 0.787. The molecule has 2 N–H and O–H groups in total. The molecule has 0 fully saturated rings. The molecule has 0 unspecified atom stereocenters. The predicted molar refractivity (Wildman–Crippen MR) is 95.7 cm³/mol. The van der Waals surface area contributed by atoms with E-state index in [0.717, 1.165) is 11.1 Å². The molecular weight excluding hydrogens is 349 g/mol. The molecule has 6 heteroatoms. The van der Waals surface area contributed by atoms with E-state index in [1.165, 1.54) is 0 Å². The number of carbonyl (C=O) groups is 2. The first-order valence-electron chi connectivity index (χ1n) is 7.39. The van der Waals surface area contributed by atoms with Gasteiger partial charge in [-0.05, 0) is 48.7 Å². The number of benzene rings is 2. The van der Waals surface area contributed by atoms with E-state index in [1.807, 2.05) is 0 Å². The van der Waals surface area contributed by atoms with Crippen molar-refractivity contribution in [2.75, 3.05) is 5.32 Å². The average molecular weight is 366 g/mol. The normalized spacial score (nSPS) is 11.8. The molecule has 2 aromatic carbocycles. The van der Waals surface area contributed by atoms with Crippen molar-refractivity contribution >= 4 is 40.8 Å². The van der Waals surface area contributed by atoms with Crippen molar-refractivity contribution in [1.29, 1.82) is 0 Å². The van der Waals surface area contributed by atoms with Crippen LogP contribution in [0, 0.1) is 12.8 Å². The molecule has 0 radical (unpaired) electrons. The molecule has 24 heavy (non-hydrogen) atoms. The predicted octanol–water partition coefficient (Wildman–Crippen LogP) is 4.57. The number of aliphatic carboxylic acids is 1. The summed E-state index contributed by atoms with van der Waals surface area (Å²) in [6, 6.07) is 12.2. The summed E-state index contributed by atoms with van der Waals surface area (Å²) in [4.78, 5) is 23.6. The van der Waals surface area contributed by atoms with Crippen molar-refractivity contribution in [3.63, 3.8) is 0 Å². The molecule has 0 spiro atoms. The van der Waals surface area contributed by atoms with Crippen LogP contribution in [-0.4, -0.2) is 17.0 Å². The Morgan fingerprint density at radius 3 is 2.42 bits per heavy atom. The van der Waals surface area contributed by atoms with Crippen LogP contribution in [0.5, 0.6) is 0 Å². The van der Waals surface area contributed by atoms with E-state index in [0.29, 0.717) is 22.2 Å². The Balaban J connectivity index is 2.17. The minimum atomic E-state index is -1.02. The molecule has 4 nitrogen and oxygen atoms in total. The molecule has 0 aliphatic rings. The van der Waals surface area contributed by atoms with Crippen LogP contribution >= 0.6 is 23.2 Å². The maximum absolute atomic E-state index is 12.5. The molecule has 1 atom stereocenters. The highest BCUT2D eigenvalue weighted by atomic mass is 35.5. The third-order valence-electron chi connectivity index (χ3n) is 3.71. The molecule has 126 valence electrons. The third-order valence-corrected chi connectivity index (χ3v) is 4.37. The largest absolute Gasteiger partial charge is 0.481 e. The van der Waals surface area contributed by atoms with Gasteiger partial charge in [-0.1, -0.05) is 41.4 Å². The fourth-order valence-electron chi connectivity index (χ4n) is 2.35. The fourth-order valence-corrected chi connectivity index (χ4v) is 2.65. The van der Waals surface area contributed by atoms with Crippen LogP contribution in [0.2, 0.25) is 10.0 Å². The number of amides is 1. The number of hydrogen-bond donors (Lipinski definition) is 2. The standard InChI is InChI=1S/C18H17Cl2NO3/c1-11-15(20)3-2-4-16(11)21-18(24)13(10-17(22)23)9-12-5-7-14(19)8-6-12/h2-8,13H,9-10H2,1H3,(H,21,24)(H,22,23)/t13-/m1/s1. The van der Waals surface area contributed by atoms with Gasteiger partial charge in [-0.25, -0.2) is 0 Å². The molecular formula is C18H17Cl2NO3. The Morgan fingerprint density at radius 1 is 1.12 bits per heavy atom. The van der Waals surface area contributed by atoms with Crippen LogP contribution in [-0.2, 0) is 16.0 Å². The number of carboxylic acid groups (broad SMARTS) is 1. The Morgan fingerprint density at radius 2 is 1.79 bits per heavy atom. The number of anilines is 1. The average Bonchev–Trinajstić information content (AvgIpc) is 2.53. The lowest BCUT2D eigenvalue weighted by atomic mass is 9.95. The van der Waals surface area contributed by atoms with E-state index in [1.54, 1.807) is 49.4 Å². The van der Waals surface area contributed by atoms with Gasteiger partial charge in [0.25, 0.3) is 0 Å². The second-order valence-electron chi connectivity index (χ2n) is 5.53. The summed E-state index contributed by atoms with van der Waals surface area (Å²) in [7, 11) is 0. The van der Waals surface area contributed by atoms with E-state index in [-0.39, 0.29) is 12.3 Å². The molecule has 0 aromatic heterocycles. The van der Waals surface area contributed by atoms with Gasteiger partial charge in [0.05, 0.1) is 12.3 Å². The summed E-state index contributed by atoms with van der Waals surface area (Å²) in [5.41, 5.74) is 2.18. The molecule has 2 rings (SSSR count). The third kappa shape index (κ3) is 4.98. The Kier molecular flexibility index (Phi) is 6.23. The highest BCUT2D eigenvalue weighted by Gasteiger charge is 2.23. The molecule has 0 heterocycles. The number of carbonyl (C=O) groups excluding carboxylic acids is 1. The van der Waals surface area contributed by atoms with Crippen LogP contribution < -0.4 is 5.32 Å². The van der Waals surface area contributed by atoms with Crippen molar-refractivity contribution in [1.82, 2.24) is 0 Å². The van der Waals surface area contributed by atoms with Crippen LogP contribution in [0.1, 0.15) is 17.5 Å². The van der Waals surface area contributed by atoms with Crippen molar-refractivity contribution in [3.8, 4) is 0 Å². The molecule has 0 saturated carbocycles. The van der Waals surface area contributed by atoms with Gasteiger partial charge in [-0.15, -0.1) is 0 Å². The van der Waals surface area contributed by atoms with Crippen LogP contribution in [0.4, 0.5) is 5.69 Å². The zero-order valence-corrected chi connectivity index (χ0v) is 14.6. The summed E-state index contributed by atoms with van der Waals surface area (Å²) < 4.78 is 0. The highest BCUT2D eigenvalue weighted by Crippen LogP contribution is 2.24. The highest BCUT2D eigenvalue weighted by molar-refractivity contribution is 6.31. The lowest BCUT2D eigenvalue weighted by Gasteiger charge is -2.17. The summed E-state index contributed by atoms with van der Waals surface area (Å²) in [6.07, 6.45) is 0.0585. The van der Waals surface area contributed by atoms with Gasteiger partial charge >= 0.3 is 5.97 Å². The summed E-state index contributed by atoms with van der Waals surface area (Å²) >= 11 is 11.9. The molecule has 0 aliphatic carbocycles. The monoisotopic (exact) mass is 365 g/mol. The van der Waals surface area contributed by atoms with Crippen molar-refractivity contribution in [2.24, 2.45) is 5.92 Å². The number of halogens is 2. The first-order chi connectivity index (χ1) is 11.4. The summed E-state index contributed by atoms with van der Waals surface area (Å²) in [5, 5.41) is 13.0. The topological polar surface area (TPSA) is 66.4 Å². The summed E-state index contributed by atoms with van der Waals surface area (Å²) in [6.45, 7) is 1.79. The zero-order valence-electron chi connectivity index (χ0n) is 13.1. The van der Waals surface area contributed by atoms with E-state index in [9.17, 15) is 9.59 Å². The zero-order chi connectivity index (χ0) is 17.7. The van der Waals surface area contributed by atoms with Gasteiger partial charge in [-0.2, -0.15) is 0 Å². The van der Waals surface area contributed by atoms with Crippen molar-refractivity contribution < 1.29 is 14.7 Å². The van der Waals surface area contributed by atoms with Gasteiger partial charge in [0.15, 0.2) is 0 Å². The number of nitrogens with one attached hydrogen (secondary N) is 1. The first-order valence-corrected chi connectivity index (χ1v) is 8.14. The molecule has 0 aliphatic heterocycles. The second kappa shape index (κ2) is 8.18. The molecule has 0 bridgehead atoms. The van der Waals surface area contributed by atoms with Crippen LogP contribution in [0.25, 0.3) is 0 Å². The van der Waals surface area contributed by atoms with E-state index in [2.05, 4.69) is 5.32 Å². The van der Waals surface area contributed by atoms with Crippen LogP contribution in [0.3, 0.4) is 0 Å². The van der Waals surface area contributed by atoms with Gasteiger partial charge in [-0.3, -0.25) is 9.59 Å². The molecule has 0 saturated heterocycles. The Labute approximate surface area is 150 Å². The summed E-state index contributed by atoms with van der Waals surface area (Å²) in [5.74, 6) is -2.06. The molecule has 1 amide bonds. The molecule has 2 aromatic rings. The second-order valence-corrected chi connectivity index (χ2v) is 6.37. The SMILES string of the molecule is Cc1c(Cl)cccc1NC(=O)[C@@H](CC(=O)O)Cc1ccc(Cl)cc1. The van der Waals surface area contributed by atoms with Gasteiger partial charge < -0.3 is 10.4 Å². The smallest absolute Gasteiger partial charge is 0.304 e. The van der Waals surface area contributed by atoms with E-state index < -0.39 is 11.9 Å². The first kappa shape index (κ1) is 18.3. The van der Waals surface area contributed by atoms with E-state index >= 15 is 0 Å². The van der Waals surface area contributed by atoms with Crippen molar-refractivity contribution in [3.05, 3.63) is 63.6 Å². The van der Waals surface area contributed by atoms with Gasteiger partial charge in [0, 0.05) is 15.7 Å². The lowest BCUT2D eigenvalue weighted by Crippen LogP contribution is -2.27. The number of carboxylic acids is 1. The Hall–Kier alpha value is -2.04. The number of rotatable bonds is 6.